The Morgan fingerprint density at radius 1 is 1.33 bits per heavy atom. The molecule has 0 radical (unpaired) electrons. The first kappa shape index (κ1) is 15.1. The topological polar surface area (TPSA) is 98.7 Å². The van der Waals surface area contributed by atoms with Gasteiger partial charge in [0.15, 0.2) is 6.61 Å². The molecule has 1 aromatic rings. The Morgan fingerprint density at radius 3 is 2.62 bits per heavy atom. The van der Waals surface area contributed by atoms with Crippen LogP contribution in [0, 0.1) is 0 Å². The number of carbonyl (C=O) groups excluding carboxylic acids is 2. The Balaban J connectivity index is 1.89. The van der Waals surface area contributed by atoms with Gasteiger partial charge in [0.25, 0.3) is 5.91 Å². The van der Waals surface area contributed by atoms with Crippen LogP contribution in [-0.4, -0.2) is 42.5 Å². The van der Waals surface area contributed by atoms with E-state index in [1.807, 2.05) is 0 Å². The Morgan fingerprint density at radius 2 is 2.05 bits per heavy atom. The molecule has 0 unspecified atom stereocenters. The van der Waals surface area contributed by atoms with Crippen molar-refractivity contribution in [2.24, 2.45) is 11.5 Å². The van der Waals surface area contributed by atoms with Crippen molar-refractivity contribution in [2.75, 3.05) is 19.7 Å². The molecule has 4 N–H and O–H groups in total. The molecule has 0 spiro atoms. The highest BCUT2D eigenvalue weighted by atomic mass is 16.5. The van der Waals surface area contributed by atoms with Gasteiger partial charge < -0.3 is 21.1 Å². The first-order valence-electron chi connectivity index (χ1n) is 6.78. The summed E-state index contributed by atoms with van der Waals surface area (Å²) in [5, 5.41) is 0. The van der Waals surface area contributed by atoms with E-state index in [1.54, 1.807) is 35.2 Å². The number of carbonyl (C=O) groups is 2. The second-order valence-corrected chi connectivity index (χ2v) is 4.99. The molecule has 1 fully saturated rings. The molecular formula is C15H19N3O3. The molecule has 0 saturated carbocycles. The van der Waals surface area contributed by atoms with Gasteiger partial charge in [-0.1, -0.05) is 12.1 Å². The van der Waals surface area contributed by atoms with Crippen molar-refractivity contribution < 1.29 is 14.3 Å². The molecule has 2 rings (SSSR count). The first-order chi connectivity index (χ1) is 10.0. The van der Waals surface area contributed by atoms with Crippen molar-refractivity contribution in [2.45, 2.75) is 12.5 Å². The van der Waals surface area contributed by atoms with E-state index in [0.717, 1.165) is 12.0 Å². The molecule has 6 heteroatoms. The van der Waals surface area contributed by atoms with Crippen LogP contribution in [0.1, 0.15) is 12.0 Å². The van der Waals surface area contributed by atoms with Gasteiger partial charge in [-0.25, -0.2) is 0 Å². The molecule has 0 bridgehead atoms. The van der Waals surface area contributed by atoms with Crippen LogP contribution in [0.5, 0.6) is 5.75 Å². The predicted octanol–water partition coefficient (Wildman–Crippen LogP) is 0.124. The number of nitrogens with zero attached hydrogens (tertiary/aromatic N) is 1. The fourth-order valence-electron chi connectivity index (χ4n) is 2.09. The van der Waals surface area contributed by atoms with Gasteiger partial charge in [-0.05, 0) is 30.2 Å². The van der Waals surface area contributed by atoms with E-state index < -0.39 is 5.91 Å². The summed E-state index contributed by atoms with van der Waals surface area (Å²) in [6.07, 6.45) is 4.13. The Kier molecular flexibility index (Phi) is 4.94. The van der Waals surface area contributed by atoms with Crippen molar-refractivity contribution in [3.05, 3.63) is 35.9 Å². The van der Waals surface area contributed by atoms with Crippen LogP contribution < -0.4 is 16.2 Å². The number of amides is 2. The summed E-state index contributed by atoms with van der Waals surface area (Å²) in [6, 6.07) is 7.13. The smallest absolute Gasteiger partial charge is 0.255 e. The van der Waals surface area contributed by atoms with Crippen LogP contribution in [0.3, 0.4) is 0 Å². The van der Waals surface area contributed by atoms with Crippen LogP contribution in [-0.2, 0) is 9.59 Å². The standard InChI is InChI=1S/C15H19N3O3/c16-12-7-8-18(9-12)15(20)6-3-11-1-4-13(5-2-11)21-10-14(17)19/h1-6,12H,7-10,16H2,(H2,17,19)/t12-/m1/s1. The molecular weight excluding hydrogens is 270 g/mol. The summed E-state index contributed by atoms with van der Waals surface area (Å²) in [6.45, 7) is 1.18. The Labute approximate surface area is 123 Å². The SMILES string of the molecule is NC(=O)COc1ccc(C=CC(=O)N2CC[C@@H](N)C2)cc1. The number of primary amides is 1. The molecule has 112 valence electrons. The molecule has 2 amide bonds. The molecule has 6 nitrogen and oxygen atoms in total. The van der Waals surface area contributed by atoms with Crippen molar-refractivity contribution in [3.8, 4) is 5.75 Å². The van der Waals surface area contributed by atoms with E-state index in [9.17, 15) is 9.59 Å². The monoisotopic (exact) mass is 289 g/mol. The van der Waals surface area contributed by atoms with Crippen molar-refractivity contribution in [1.82, 2.24) is 4.90 Å². The Hall–Kier alpha value is -2.34. The number of ether oxygens (including phenoxy) is 1. The fraction of sp³-hybridized carbons (Fsp3) is 0.333. The zero-order valence-electron chi connectivity index (χ0n) is 11.7. The van der Waals surface area contributed by atoms with E-state index in [0.29, 0.717) is 18.8 Å². The van der Waals surface area contributed by atoms with E-state index in [2.05, 4.69) is 0 Å². The van der Waals surface area contributed by atoms with Crippen molar-refractivity contribution >= 4 is 17.9 Å². The normalized spacial score (nSPS) is 18.1. The van der Waals surface area contributed by atoms with Crippen LogP contribution in [0.2, 0.25) is 0 Å². The lowest BCUT2D eigenvalue weighted by Crippen LogP contribution is -2.30. The van der Waals surface area contributed by atoms with E-state index >= 15 is 0 Å². The minimum atomic E-state index is -0.520. The molecule has 21 heavy (non-hydrogen) atoms. The molecule has 1 atom stereocenters. The van der Waals surface area contributed by atoms with E-state index in [4.69, 9.17) is 16.2 Å². The lowest BCUT2D eigenvalue weighted by Gasteiger charge is -2.12. The van der Waals surface area contributed by atoms with Gasteiger partial charge in [-0.2, -0.15) is 0 Å². The molecule has 1 aliphatic heterocycles. The number of benzene rings is 1. The Bertz CT molecular complexity index is 540. The maximum absolute atomic E-state index is 11.9. The zero-order valence-corrected chi connectivity index (χ0v) is 11.7. The van der Waals surface area contributed by atoms with Crippen LogP contribution >= 0.6 is 0 Å². The highest BCUT2D eigenvalue weighted by Crippen LogP contribution is 2.14. The minimum Gasteiger partial charge on any atom is -0.484 e. The average molecular weight is 289 g/mol. The van der Waals surface area contributed by atoms with Gasteiger partial charge in [0.05, 0.1) is 0 Å². The average Bonchev–Trinajstić information content (AvgIpc) is 2.90. The van der Waals surface area contributed by atoms with Crippen LogP contribution in [0.4, 0.5) is 0 Å². The second kappa shape index (κ2) is 6.90. The predicted molar refractivity (Wildman–Crippen MR) is 79.3 cm³/mol. The summed E-state index contributed by atoms with van der Waals surface area (Å²) in [5.74, 6) is 0.00758. The quantitative estimate of drug-likeness (QED) is 0.752. The number of rotatable bonds is 5. The van der Waals surface area contributed by atoms with Gasteiger partial charge in [-0.3, -0.25) is 9.59 Å². The largest absolute Gasteiger partial charge is 0.484 e. The molecule has 0 aromatic heterocycles. The molecule has 1 heterocycles. The highest BCUT2D eigenvalue weighted by molar-refractivity contribution is 5.92. The summed E-state index contributed by atoms with van der Waals surface area (Å²) in [5.41, 5.74) is 11.6. The van der Waals surface area contributed by atoms with Gasteiger partial charge >= 0.3 is 0 Å². The molecule has 1 aromatic carbocycles. The van der Waals surface area contributed by atoms with Gasteiger partial charge in [0.1, 0.15) is 5.75 Å². The summed E-state index contributed by atoms with van der Waals surface area (Å²) in [4.78, 5) is 24.3. The van der Waals surface area contributed by atoms with Crippen molar-refractivity contribution in [1.29, 1.82) is 0 Å². The maximum atomic E-state index is 11.9. The summed E-state index contributed by atoms with van der Waals surface area (Å²) >= 11 is 0. The number of nitrogens with two attached hydrogens (primary N) is 2. The third kappa shape index (κ3) is 4.61. The number of likely N-dealkylation sites (tertiary alicyclic amines) is 1. The van der Waals surface area contributed by atoms with Gasteiger partial charge in [0.2, 0.25) is 5.91 Å². The first-order valence-corrected chi connectivity index (χ1v) is 6.78. The van der Waals surface area contributed by atoms with Crippen LogP contribution in [0.25, 0.3) is 6.08 Å². The van der Waals surface area contributed by atoms with E-state index in [1.165, 1.54) is 6.08 Å². The fourth-order valence-corrected chi connectivity index (χ4v) is 2.09. The van der Waals surface area contributed by atoms with Crippen molar-refractivity contribution in [3.63, 3.8) is 0 Å². The second-order valence-electron chi connectivity index (χ2n) is 4.99. The van der Waals surface area contributed by atoms with Gasteiger partial charge in [-0.15, -0.1) is 0 Å². The molecule has 1 aliphatic rings. The maximum Gasteiger partial charge on any atom is 0.255 e. The van der Waals surface area contributed by atoms with E-state index in [-0.39, 0.29) is 18.6 Å². The molecule has 0 aliphatic carbocycles. The summed E-state index contributed by atoms with van der Waals surface area (Å²) < 4.78 is 5.15. The lowest BCUT2D eigenvalue weighted by atomic mass is 10.2. The highest BCUT2D eigenvalue weighted by Gasteiger charge is 2.21. The third-order valence-electron chi connectivity index (χ3n) is 3.22. The third-order valence-corrected chi connectivity index (χ3v) is 3.22. The summed E-state index contributed by atoms with van der Waals surface area (Å²) in [7, 11) is 0. The van der Waals surface area contributed by atoms with Gasteiger partial charge in [0, 0.05) is 25.2 Å². The molecule has 1 saturated heterocycles. The zero-order chi connectivity index (χ0) is 15.2. The van der Waals surface area contributed by atoms with Crippen LogP contribution in [0.15, 0.2) is 30.3 Å². The number of hydrogen-bond acceptors (Lipinski definition) is 4. The number of hydrogen-bond donors (Lipinski definition) is 2. The minimum absolute atomic E-state index is 0.0306. The lowest BCUT2D eigenvalue weighted by molar-refractivity contribution is -0.125.